The van der Waals surface area contributed by atoms with E-state index in [2.05, 4.69) is 6.04 Å². The summed E-state index contributed by atoms with van der Waals surface area (Å²) < 4.78 is 31.3. The second-order valence-electron chi connectivity index (χ2n) is 5.47. The van der Waals surface area contributed by atoms with Crippen LogP contribution in [0.2, 0.25) is 0 Å². The molecule has 0 fully saturated rings. The van der Waals surface area contributed by atoms with E-state index >= 15 is 0 Å². The Balaban J connectivity index is 2.43. The number of ether oxygens (including phenoxy) is 1. The number of terminal acetylenes is 1. The predicted molar refractivity (Wildman–Crippen MR) is 95.0 cm³/mol. The third kappa shape index (κ3) is 4.20. The standard InChI is InChI=1S/C19H19NO4S/c1-4-20(25(22,23)17-12-10-15(2)11-13-17)18(19(21)24-3)14-16-8-6-5-7-9-16/h1,5-13,18H,14H2,2-3H3/t18-/m0/s1. The summed E-state index contributed by atoms with van der Waals surface area (Å²) >= 11 is 0. The van der Waals surface area contributed by atoms with Crippen LogP contribution in [-0.2, 0) is 26.0 Å². The molecular weight excluding hydrogens is 338 g/mol. The van der Waals surface area contributed by atoms with Gasteiger partial charge in [0.1, 0.15) is 0 Å². The number of esters is 1. The van der Waals surface area contributed by atoms with Gasteiger partial charge in [-0.25, -0.2) is 17.5 Å². The fourth-order valence-corrected chi connectivity index (χ4v) is 3.73. The minimum absolute atomic E-state index is 0.0259. The smallest absolute Gasteiger partial charge is 0.330 e. The van der Waals surface area contributed by atoms with Crippen LogP contribution in [-0.4, -0.2) is 31.8 Å². The number of rotatable bonds is 6. The molecule has 0 bridgehead atoms. The largest absolute Gasteiger partial charge is 0.467 e. The van der Waals surface area contributed by atoms with Crippen molar-refractivity contribution in [3.05, 3.63) is 65.7 Å². The first-order valence-electron chi connectivity index (χ1n) is 7.59. The van der Waals surface area contributed by atoms with Gasteiger partial charge in [0, 0.05) is 12.5 Å². The van der Waals surface area contributed by atoms with Gasteiger partial charge in [0.15, 0.2) is 6.04 Å². The zero-order valence-electron chi connectivity index (χ0n) is 14.0. The van der Waals surface area contributed by atoms with Crippen molar-refractivity contribution >= 4 is 16.0 Å². The number of hydrogen-bond donors (Lipinski definition) is 0. The Bertz CT molecular complexity index is 868. The van der Waals surface area contributed by atoms with Crippen LogP contribution in [0, 0.1) is 19.4 Å². The lowest BCUT2D eigenvalue weighted by molar-refractivity contribution is -0.144. The van der Waals surface area contributed by atoms with Gasteiger partial charge >= 0.3 is 5.97 Å². The molecule has 0 unspecified atom stereocenters. The van der Waals surface area contributed by atoms with Gasteiger partial charge in [0.25, 0.3) is 10.0 Å². The van der Waals surface area contributed by atoms with E-state index in [4.69, 9.17) is 11.2 Å². The maximum absolute atomic E-state index is 12.9. The molecule has 0 spiro atoms. The molecular formula is C19H19NO4S. The van der Waals surface area contributed by atoms with E-state index in [1.54, 1.807) is 36.4 Å². The van der Waals surface area contributed by atoms with Gasteiger partial charge < -0.3 is 4.74 Å². The monoisotopic (exact) mass is 357 g/mol. The average molecular weight is 357 g/mol. The molecule has 25 heavy (non-hydrogen) atoms. The van der Waals surface area contributed by atoms with Crippen LogP contribution in [0.1, 0.15) is 11.1 Å². The highest BCUT2D eigenvalue weighted by Gasteiger charge is 2.35. The number of sulfonamides is 1. The quantitative estimate of drug-likeness (QED) is 0.452. The molecule has 2 rings (SSSR count). The normalized spacial score (nSPS) is 12.0. The van der Waals surface area contributed by atoms with Gasteiger partial charge in [-0.15, -0.1) is 0 Å². The summed E-state index contributed by atoms with van der Waals surface area (Å²) in [6, 6.07) is 16.3. The molecule has 0 saturated heterocycles. The molecule has 130 valence electrons. The molecule has 2 aromatic carbocycles. The van der Waals surface area contributed by atoms with E-state index in [0.717, 1.165) is 15.4 Å². The van der Waals surface area contributed by atoms with Crippen LogP contribution in [0.25, 0.3) is 0 Å². The van der Waals surface area contributed by atoms with Crippen LogP contribution in [0.3, 0.4) is 0 Å². The van der Waals surface area contributed by atoms with Crippen molar-refractivity contribution in [2.75, 3.05) is 7.11 Å². The van der Waals surface area contributed by atoms with Crippen LogP contribution in [0.5, 0.6) is 0 Å². The van der Waals surface area contributed by atoms with Gasteiger partial charge in [-0.3, -0.25) is 0 Å². The molecule has 0 saturated carbocycles. The number of carbonyl (C=O) groups is 1. The van der Waals surface area contributed by atoms with E-state index in [-0.39, 0.29) is 11.3 Å². The number of aryl methyl sites for hydroxylation is 1. The molecule has 0 N–H and O–H groups in total. The van der Waals surface area contributed by atoms with E-state index in [1.807, 2.05) is 13.0 Å². The van der Waals surface area contributed by atoms with Gasteiger partial charge in [0.05, 0.1) is 12.0 Å². The molecule has 0 amide bonds. The lowest BCUT2D eigenvalue weighted by Gasteiger charge is -2.26. The number of nitrogens with zero attached hydrogens (tertiary/aromatic N) is 1. The minimum atomic E-state index is -4.05. The van der Waals surface area contributed by atoms with Crippen molar-refractivity contribution < 1.29 is 17.9 Å². The molecule has 0 heterocycles. The zero-order valence-corrected chi connectivity index (χ0v) is 14.9. The topological polar surface area (TPSA) is 63.7 Å². The van der Waals surface area contributed by atoms with E-state index in [1.165, 1.54) is 19.2 Å². The van der Waals surface area contributed by atoms with Crippen LogP contribution >= 0.6 is 0 Å². The zero-order chi connectivity index (χ0) is 18.4. The van der Waals surface area contributed by atoms with Gasteiger partial charge in [-0.1, -0.05) is 54.5 Å². The van der Waals surface area contributed by atoms with Crippen molar-refractivity contribution in [1.82, 2.24) is 4.31 Å². The van der Waals surface area contributed by atoms with Gasteiger partial charge in [-0.05, 0) is 24.6 Å². The van der Waals surface area contributed by atoms with Crippen molar-refractivity contribution in [1.29, 1.82) is 0 Å². The third-order valence-electron chi connectivity index (χ3n) is 3.73. The van der Waals surface area contributed by atoms with Gasteiger partial charge in [-0.2, -0.15) is 0 Å². The number of carbonyl (C=O) groups excluding carboxylic acids is 1. The van der Waals surface area contributed by atoms with Crippen molar-refractivity contribution in [2.24, 2.45) is 0 Å². The van der Waals surface area contributed by atoms with E-state index in [0.29, 0.717) is 0 Å². The lowest BCUT2D eigenvalue weighted by Crippen LogP contribution is -2.44. The maximum atomic E-state index is 12.9. The first kappa shape index (κ1) is 18.6. The van der Waals surface area contributed by atoms with Crippen LogP contribution < -0.4 is 0 Å². The third-order valence-corrected chi connectivity index (χ3v) is 5.48. The second kappa shape index (κ2) is 7.86. The highest BCUT2D eigenvalue weighted by molar-refractivity contribution is 7.89. The number of methoxy groups -OCH3 is 1. The summed E-state index contributed by atoms with van der Waals surface area (Å²) in [5.74, 6) is -0.711. The molecule has 1 atom stereocenters. The summed E-state index contributed by atoms with van der Waals surface area (Å²) in [6.45, 7) is 1.85. The van der Waals surface area contributed by atoms with Crippen LogP contribution in [0.4, 0.5) is 0 Å². The van der Waals surface area contributed by atoms with E-state index < -0.39 is 22.0 Å². The minimum Gasteiger partial charge on any atom is -0.467 e. The Morgan fingerprint density at radius 3 is 2.28 bits per heavy atom. The fraction of sp³-hybridized carbons (Fsp3) is 0.211. The Labute approximate surface area is 148 Å². The van der Waals surface area contributed by atoms with Crippen molar-refractivity contribution in [3.63, 3.8) is 0 Å². The molecule has 2 aromatic rings. The number of benzene rings is 2. The molecule has 0 aliphatic heterocycles. The molecule has 0 aromatic heterocycles. The first-order valence-corrected chi connectivity index (χ1v) is 9.03. The maximum Gasteiger partial charge on any atom is 0.330 e. The van der Waals surface area contributed by atoms with Crippen molar-refractivity contribution in [3.8, 4) is 12.5 Å². The van der Waals surface area contributed by atoms with Gasteiger partial charge in [0.2, 0.25) is 0 Å². The Morgan fingerprint density at radius 2 is 1.76 bits per heavy atom. The molecule has 5 nitrogen and oxygen atoms in total. The second-order valence-corrected chi connectivity index (χ2v) is 7.29. The first-order chi connectivity index (χ1) is 11.9. The Morgan fingerprint density at radius 1 is 1.16 bits per heavy atom. The summed E-state index contributed by atoms with van der Waals surface area (Å²) in [7, 11) is -2.84. The summed E-state index contributed by atoms with van der Waals surface area (Å²) in [5, 5.41) is 0. The highest BCUT2D eigenvalue weighted by Crippen LogP contribution is 2.21. The van der Waals surface area contributed by atoms with Crippen molar-refractivity contribution in [2.45, 2.75) is 24.3 Å². The molecule has 0 aliphatic carbocycles. The summed E-state index contributed by atoms with van der Waals surface area (Å²) in [4.78, 5) is 12.3. The molecule has 0 aliphatic rings. The molecule has 6 heteroatoms. The fourth-order valence-electron chi connectivity index (χ4n) is 2.39. The predicted octanol–water partition coefficient (Wildman–Crippen LogP) is 2.36. The Hall–Kier alpha value is -2.78. The SMILES string of the molecule is C#CN([C@@H](Cc1ccccc1)C(=O)OC)S(=O)(=O)c1ccc(C)cc1. The summed E-state index contributed by atoms with van der Waals surface area (Å²) in [6.07, 6.45) is 5.58. The Kier molecular flexibility index (Phi) is 5.84. The lowest BCUT2D eigenvalue weighted by atomic mass is 10.1. The van der Waals surface area contributed by atoms with Crippen LogP contribution in [0.15, 0.2) is 59.5 Å². The molecule has 0 radical (unpaired) electrons. The summed E-state index contributed by atoms with van der Waals surface area (Å²) in [5.41, 5.74) is 1.69. The van der Waals surface area contributed by atoms with E-state index in [9.17, 15) is 13.2 Å². The average Bonchev–Trinajstić information content (AvgIpc) is 2.62. The highest BCUT2D eigenvalue weighted by atomic mass is 32.2. The number of hydrogen-bond acceptors (Lipinski definition) is 4.